The number of likely N-dealkylation sites (tertiary alicyclic amines) is 1. The number of aryl methyl sites for hydroxylation is 1. The maximum atomic E-state index is 13.1. The summed E-state index contributed by atoms with van der Waals surface area (Å²) in [5.41, 5.74) is 3.73. The number of hydrogen-bond donors (Lipinski definition) is 2. The molecule has 3 amide bonds. The lowest BCUT2D eigenvalue weighted by molar-refractivity contribution is -0.138. The fourth-order valence-electron chi connectivity index (χ4n) is 4.33. The second kappa shape index (κ2) is 7.96. The third-order valence-corrected chi connectivity index (χ3v) is 6.16. The number of fused-ring (bicyclic) bond motifs is 2. The molecule has 1 saturated heterocycles. The summed E-state index contributed by atoms with van der Waals surface area (Å²) in [5, 5.41) is 17.3. The Hall–Kier alpha value is -4.24. The van der Waals surface area contributed by atoms with E-state index in [-0.39, 0.29) is 36.9 Å². The summed E-state index contributed by atoms with van der Waals surface area (Å²) in [6.45, 7) is 7.98. The highest BCUT2D eigenvalue weighted by Gasteiger charge is 2.35. The van der Waals surface area contributed by atoms with Crippen LogP contribution in [0, 0.1) is 0 Å². The molecular weight excluding hydrogens is 434 g/mol. The number of aromatic nitrogens is 2. The third kappa shape index (κ3) is 3.56. The van der Waals surface area contributed by atoms with E-state index in [1.807, 2.05) is 43.6 Å². The highest BCUT2D eigenvalue weighted by atomic mass is 16.3. The summed E-state index contributed by atoms with van der Waals surface area (Å²) in [7, 11) is 1.86. The van der Waals surface area contributed by atoms with Gasteiger partial charge in [-0.15, -0.1) is 0 Å². The quantitative estimate of drug-likeness (QED) is 0.565. The van der Waals surface area contributed by atoms with Gasteiger partial charge >= 0.3 is 0 Å². The van der Waals surface area contributed by atoms with Gasteiger partial charge in [0.15, 0.2) is 0 Å². The first-order valence-electron chi connectivity index (χ1n) is 10.8. The molecule has 0 spiro atoms. The molecule has 1 aromatic heterocycles. The van der Waals surface area contributed by atoms with Gasteiger partial charge in [-0.2, -0.15) is 5.10 Å². The molecule has 0 radical (unpaired) electrons. The summed E-state index contributed by atoms with van der Waals surface area (Å²) < 4.78 is 1.75. The Bertz CT molecular complexity index is 1400. The van der Waals surface area contributed by atoms with Crippen LogP contribution in [0.1, 0.15) is 15.9 Å². The molecule has 1 fully saturated rings. The van der Waals surface area contributed by atoms with Gasteiger partial charge in [-0.1, -0.05) is 37.4 Å². The van der Waals surface area contributed by atoms with Crippen LogP contribution in [-0.4, -0.2) is 61.6 Å². The molecule has 0 aliphatic carbocycles. The largest absolute Gasteiger partial charge is 0.389 e. The summed E-state index contributed by atoms with van der Waals surface area (Å²) >= 11 is 0. The first-order valence-corrected chi connectivity index (χ1v) is 10.8. The van der Waals surface area contributed by atoms with E-state index in [4.69, 9.17) is 0 Å². The Kier molecular flexibility index (Phi) is 5.06. The van der Waals surface area contributed by atoms with Crippen LogP contribution in [-0.2, 0) is 23.2 Å². The van der Waals surface area contributed by atoms with Crippen LogP contribution in [0.15, 0.2) is 67.1 Å². The normalized spacial score (nSPS) is 15.3. The van der Waals surface area contributed by atoms with Gasteiger partial charge in [0.25, 0.3) is 17.7 Å². The highest BCUT2D eigenvalue weighted by Crippen LogP contribution is 2.35. The smallest absolute Gasteiger partial charge is 0.271 e. The number of rotatable bonds is 5. The number of carbonyl (C=O) groups excluding carboxylic acids is 3. The Morgan fingerprint density at radius 1 is 1.15 bits per heavy atom. The summed E-state index contributed by atoms with van der Waals surface area (Å²) in [5.74, 6) is -1.49. The minimum Gasteiger partial charge on any atom is -0.389 e. The van der Waals surface area contributed by atoms with Gasteiger partial charge in [-0.25, -0.2) is 0 Å². The maximum absolute atomic E-state index is 13.1. The van der Waals surface area contributed by atoms with Crippen molar-refractivity contribution in [1.29, 1.82) is 0 Å². The second-order valence-corrected chi connectivity index (χ2v) is 8.54. The molecule has 2 N–H and O–H groups in total. The van der Waals surface area contributed by atoms with E-state index in [1.54, 1.807) is 10.7 Å². The number of amides is 3. The van der Waals surface area contributed by atoms with Gasteiger partial charge in [0.05, 0.1) is 23.9 Å². The van der Waals surface area contributed by atoms with E-state index >= 15 is 0 Å². The third-order valence-electron chi connectivity index (χ3n) is 6.16. The lowest BCUT2D eigenvalue weighted by atomic mass is 9.96. The molecule has 172 valence electrons. The molecule has 0 bridgehead atoms. The average molecular weight is 457 g/mol. The average Bonchev–Trinajstić information content (AvgIpc) is 3.34. The predicted octanol–water partition coefficient (Wildman–Crippen LogP) is 1.54. The van der Waals surface area contributed by atoms with E-state index < -0.39 is 17.9 Å². The number of nitrogens with zero attached hydrogens (tertiary/aromatic N) is 4. The molecule has 3 heterocycles. The van der Waals surface area contributed by atoms with Crippen LogP contribution in [0.25, 0.3) is 22.0 Å². The Morgan fingerprint density at radius 3 is 2.62 bits per heavy atom. The van der Waals surface area contributed by atoms with Crippen LogP contribution in [0.2, 0.25) is 0 Å². The Balaban J connectivity index is 1.35. The summed E-state index contributed by atoms with van der Waals surface area (Å²) in [6, 6.07) is 11.4. The molecule has 3 aromatic rings. The van der Waals surface area contributed by atoms with Gasteiger partial charge < -0.3 is 15.3 Å². The van der Waals surface area contributed by atoms with Crippen LogP contribution in [0.3, 0.4) is 0 Å². The van der Waals surface area contributed by atoms with Crippen molar-refractivity contribution in [3.8, 4) is 11.1 Å². The minimum atomic E-state index is -0.683. The molecule has 0 unspecified atom stereocenters. The van der Waals surface area contributed by atoms with Crippen molar-refractivity contribution in [3.05, 3.63) is 78.3 Å². The van der Waals surface area contributed by atoms with Gasteiger partial charge in [0, 0.05) is 37.3 Å². The fourth-order valence-corrected chi connectivity index (χ4v) is 4.33. The SMILES string of the molecule is C=C(NC(=O)C(=C)N1Cc2c(cccc2-c2ccc3cn(C)nc3c2)C1=O)C(=O)N1CC(O)C1. The molecular formula is C25H23N5O4. The number of benzene rings is 2. The van der Waals surface area contributed by atoms with Crippen molar-refractivity contribution >= 4 is 28.6 Å². The zero-order valence-corrected chi connectivity index (χ0v) is 18.6. The van der Waals surface area contributed by atoms with Gasteiger partial charge in [0.2, 0.25) is 0 Å². The van der Waals surface area contributed by atoms with Gasteiger partial charge in [-0.3, -0.25) is 24.0 Å². The standard InChI is InChI=1S/C25H23N5O4/c1-14(24(33)29-11-18(31)12-29)26-23(32)15(2)30-13-21-19(5-4-6-20(21)25(30)34)16-7-8-17-10-28(3)27-22(17)9-16/h4-10,18,31H,1-2,11-13H2,3H3,(H,26,32). The number of aliphatic hydroxyl groups excluding tert-OH is 1. The zero-order chi connectivity index (χ0) is 24.1. The first-order chi connectivity index (χ1) is 16.2. The van der Waals surface area contributed by atoms with Gasteiger partial charge in [0.1, 0.15) is 5.70 Å². The van der Waals surface area contributed by atoms with Crippen molar-refractivity contribution in [2.75, 3.05) is 13.1 Å². The van der Waals surface area contributed by atoms with E-state index in [2.05, 4.69) is 23.6 Å². The van der Waals surface area contributed by atoms with E-state index in [1.165, 1.54) is 9.80 Å². The van der Waals surface area contributed by atoms with Crippen molar-refractivity contribution in [2.45, 2.75) is 12.6 Å². The lowest BCUT2D eigenvalue weighted by Gasteiger charge is -2.36. The van der Waals surface area contributed by atoms with E-state index in [0.29, 0.717) is 5.56 Å². The number of β-amino-alcohol motifs (C(OH)–C–C–N with tert-alkyl or cyclic N) is 1. The molecule has 9 nitrogen and oxygen atoms in total. The van der Waals surface area contributed by atoms with Crippen LogP contribution < -0.4 is 5.32 Å². The zero-order valence-electron chi connectivity index (χ0n) is 18.6. The van der Waals surface area contributed by atoms with E-state index in [9.17, 15) is 19.5 Å². The van der Waals surface area contributed by atoms with E-state index in [0.717, 1.165) is 27.6 Å². The number of nitrogens with one attached hydrogen (secondary N) is 1. The van der Waals surface area contributed by atoms with Crippen LogP contribution in [0.5, 0.6) is 0 Å². The number of carbonyl (C=O) groups is 3. The molecule has 0 saturated carbocycles. The number of aliphatic hydroxyl groups is 1. The molecule has 2 aliphatic rings. The van der Waals surface area contributed by atoms with Crippen LogP contribution in [0.4, 0.5) is 0 Å². The topological polar surface area (TPSA) is 108 Å². The molecule has 2 aliphatic heterocycles. The molecule has 34 heavy (non-hydrogen) atoms. The number of hydrogen-bond acceptors (Lipinski definition) is 5. The monoisotopic (exact) mass is 457 g/mol. The second-order valence-electron chi connectivity index (χ2n) is 8.54. The predicted molar refractivity (Wildman–Crippen MR) is 125 cm³/mol. The Morgan fingerprint density at radius 2 is 1.88 bits per heavy atom. The summed E-state index contributed by atoms with van der Waals surface area (Å²) in [4.78, 5) is 40.8. The molecule has 0 atom stereocenters. The first kappa shape index (κ1) is 21.6. The minimum absolute atomic E-state index is 0.0788. The van der Waals surface area contributed by atoms with Crippen LogP contribution >= 0.6 is 0 Å². The highest BCUT2D eigenvalue weighted by molar-refractivity contribution is 6.08. The fraction of sp³-hybridized carbons (Fsp3) is 0.200. The molecule has 5 rings (SSSR count). The van der Waals surface area contributed by atoms with Crippen molar-refractivity contribution in [1.82, 2.24) is 24.9 Å². The summed E-state index contributed by atoms with van der Waals surface area (Å²) in [6.07, 6.45) is 1.38. The van der Waals surface area contributed by atoms with Crippen molar-refractivity contribution in [3.63, 3.8) is 0 Å². The van der Waals surface area contributed by atoms with Crippen molar-refractivity contribution in [2.24, 2.45) is 7.05 Å². The maximum Gasteiger partial charge on any atom is 0.271 e. The molecule has 9 heteroatoms. The Labute approximate surface area is 195 Å². The molecule has 2 aromatic carbocycles. The van der Waals surface area contributed by atoms with Gasteiger partial charge in [-0.05, 0) is 28.8 Å². The lowest BCUT2D eigenvalue weighted by Crippen LogP contribution is -2.55. The van der Waals surface area contributed by atoms with Crippen molar-refractivity contribution < 1.29 is 19.5 Å².